The topological polar surface area (TPSA) is 26.3 Å². The summed E-state index contributed by atoms with van der Waals surface area (Å²) in [6.07, 6.45) is 2.33. The maximum atomic E-state index is 11.4. The zero-order chi connectivity index (χ0) is 8.06. The van der Waals surface area contributed by atoms with Gasteiger partial charge in [-0.3, -0.25) is 4.79 Å². The molecule has 0 aromatic carbocycles. The van der Waals surface area contributed by atoms with Gasteiger partial charge < -0.3 is 4.74 Å². The maximum Gasteiger partial charge on any atom is 0.146 e. The van der Waals surface area contributed by atoms with Gasteiger partial charge in [0.15, 0.2) is 0 Å². The number of ketones is 1. The molecule has 0 spiro atoms. The first-order chi connectivity index (χ1) is 5.14. The maximum absolute atomic E-state index is 11.4. The molecule has 62 valence electrons. The van der Waals surface area contributed by atoms with E-state index in [0.29, 0.717) is 5.78 Å². The van der Waals surface area contributed by atoms with Crippen molar-refractivity contribution in [2.75, 3.05) is 6.61 Å². The fourth-order valence-electron chi connectivity index (χ4n) is 2.28. The molecule has 1 heterocycles. The monoisotopic (exact) mass is 154 g/mol. The van der Waals surface area contributed by atoms with Gasteiger partial charge in [0.1, 0.15) is 5.78 Å². The third kappa shape index (κ3) is 0.791. The molecule has 1 saturated heterocycles. The van der Waals surface area contributed by atoms with Crippen molar-refractivity contribution in [3.05, 3.63) is 0 Å². The number of carbonyl (C=O) groups is 1. The minimum atomic E-state index is -0.189. The Hall–Kier alpha value is -0.370. The van der Waals surface area contributed by atoms with Crippen LogP contribution in [0.3, 0.4) is 0 Å². The Labute approximate surface area is 66.9 Å². The number of ether oxygens (including phenoxy) is 1. The smallest absolute Gasteiger partial charge is 0.146 e. The standard InChI is InChI=1S/C9H14O2/c1-9(2)7(10)6-4-3-5-11-8(6)9/h6,8H,3-5H2,1-2H3/t6-,8-/m1/s1. The third-order valence-corrected chi connectivity index (χ3v) is 3.01. The van der Waals surface area contributed by atoms with Gasteiger partial charge in [-0.15, -0.1) is 0 Å². The van der Waals surface area contributed by atoms with E-state index in [1.165, 1.54) is 0 Å². The van der Waals surface area contributed by atoms with Crippen LogP contribution in [0.2, 0.25) is 0 Å². The van der Waals surface area contributed by atoms with Gasteiger partial charge in [-0.25, -0.2) is 0 Å². The number of hydrogen-bond donors (Lipinski definition) is 0. The van der Waals surface area contributed by atoms with Gasteiger partial charge in [0.25, 0.3) is 0 Å². The van der Waals surface area contributed by atoms with Gasteiger partial charge in [0, 0.05) is 12.5 Å². The summed E-state index contributed by atoms with van der Waals surface area (Å²) in [7, 11) is 0. The highest BCUT2D eigenvalue weighted by atomic mass is 16.5. The zero-order valence-electron chi connectivity index (χ0n) is 7.09. The Morgan fingerprint density at radius 3 is 2.91 bits per heavy atom. The summed E-state index contributed by atoms with van der Waals surface area (Å²) in [6.45, 7) is 4.82. The Balaban J connectivity index is 2.15. The first-order valence-electron chi connectivity index (χ1n) is 4.30. The van der Waals surface area contributed by atoms with E-state index in [2.05, 4.69) is 0 Å². The lowest BCUT2D eigenvalue weighted by Crippen LogP contribution is -2.61. The van der Waals surface area contributed by atoms with Gasteiger partial charge in [-0.2, -0.15) is 0 Å². The van der Waals surface area contributed by atoms with Crippen molar-refractivity contribution in [1.29, 1.82) is 0 Å². The molecule has 0 aromatic rings. The second-order valence-corrected chi connectivity index (χ2v) is 4.13. The summed E-state index contributed by atoms with van der Waals surface area (Å²) in [5.41, 5.74) is -0.189. The van der Waals surface area contributed by atoms with E-state index < -0.39 is 0 Å². The molecule has 2 fully saturated rings. The molecule has 2 rings (SSSR count). The molecule has 2 aliphatic rings. The minimum absolute atomic E-state index is 0.189. The second kappa shape index (κ2) is 2.07. The third-order valence-electron chi connectivity index (χ3n) is 3.01. The van der Waals surface area contributed by atoms with Crippen LogP contribution in [-0.2, 0) is 9.53 Å². The van der Waals surface area contributed by atoms with Crippen molar-refractivity contribution in [3.8, 4) is 0 Å². The van der Waals surface area contributed by atoms with Crippen LogP contribution in [0.15, 0.2) is 0 Å². The molecule has 0 bridgehead atoms. The molecule has 0 amide bonds. The number of hydrogen-bond acceptors (Lipinski definition) is 2. The van der Waals surface area contributed by atoms with Crippen LogP contribution >= 0.6 is 0 Å². The van der Waals surface area contributed by atoms with Crippen molar-refractivity contribution in [3.63, 3.8) is 0 Å². The van der Waals surface area contributed by atoms with Crippen molar-refractivity contribution in [1.82, 2.24) is 0 Å². The lowest BCUT2D eigenvalue weighted by molar-refractivity contribution is -0.184. The summed E-state index contributed by atoms with van der Waals surface area (Å²) >= 11 is 0. The fourth-order valence-corrected chi connectivity index (χ4v) is 2.28. The van der Waals surface area contributed by atoms with Crippen LogP contribution < -0.4 is 0 Å². The van der Waals surface area contributed by atoms with Crippen LogP contribution in [0.25, 0.3) is 0 Å². The van der Waals surface area contributed by atoms with Crippen LogP contribution in [0.4, 0.5) is 0 Å². The number of Topliss-reactive ketones (excluding diaryl/α,β-unsaturated/α-hetero) is 1. The quantitative estimate of drug-likeness (QED) is 0.527. The second-order valence-electron chi connectivity index (χ2n) is 4.13. The van der Waals surface area contributed by atoms with E-state index in [-0.39, 0.29) is 17.4 Å². The van der Waals surface area contributed by atoms with Crippen LogP contribution in [0, 0.1) is 11.3 Å². The molecule has 2 atom stereocenters. The average Bonchev–Trinajstić information content (AvgIpc) is 2.04. The largest absolute Gasteiger partial charge is 0.376 e. The van der Waals surface area contributed by atoms with Gasteiger partial charge >= 0.3 is 0 Å². The average molecular weight is 154 g/mol. The van der Waals surface area contributed by atoms with Crippen LogP contribution in [0.1, 0.15) is 26.7 Å². The highest BCUT2D eigenvalue weighted by Gasteiger charge is 2.57. The van der Waals surface area contributed by atoms with E-state index in [4.69, 9.17) is 4.74 Å². The van der Waals surface area contributed by atoms with E-state index in [9.17, 15) is 4.79 Å². The fraction of sp³-hybridized carbons (Fsp3) is 0.889. The Morgan fingerprint density at radius 2 is 2.27 bits per heavy atom. The van der Waals surface area contributed by atoms with Gasteiger partial charge in [0.2, 0.25) is 0 Å². The first-order valence-corrected chi connectivity index (χ1v) is 4.30. The van der Waals surface area contributed by atoms with Gasteiger partial charge in [-0.05, 0) is 12.8 Å². The molecule has 1 aliphatic carbocycles. The molecular weight excluding hydrogens is 140 g/mol. The Morgan fingerprint density at radius 1 is 1.55 bits per heavy atom. The predicted molar refractivity (Wildman–Crippen MR) is 41.3 cm³/mol. The molecule has 0 N–H and O–H groups in total. The van der Waals surface area contributed by atoms with Crippen molar-refractivity contribution in [2.24, 2.45) is 11.3 Å². The van der Waals surface area contributed by atoms with Crippen molar-refractivity contribution < 1.29 is 9.53 Å². The van der Waals surface area contributed by atoms with E-state index in [1.54, 1.807) is 0 Å². The van der Waals surface area contributed by atoms with E-state index >= 15 is 0 Å². The number of carbonyl (C=O) groups excluding carboxylic acids is 1. The number of rotatable bonds is 0. The van der Waals surface area contributed by atoms with E-state index in [0.717, 1.165) is 19.4 Å². The molecule has 11 heavy (non-hydrogen) atoms. The predicted octanol–water partition coefficient (Wildman–Crippen LogP) is 1.39. The lowest BCUT2D eigenvalue weighted by Gasteiger charge is -2.51. The van der Waals surface area contributed by atoms with Crippen LogP contribution in [0.5, 0.6) is 0 Å². The van der Waals surface area contributed by atoms with Gasteiger partial charge in [0.05, 0.1) is 11.5 Å². The van der Waals surface area contributed by atoms with E-state index in [1.807, 2.05) is 13.8 Å². The van der Waals surface area contributed by atoms with Gasteiger partial charge in [-0.1, -0.05) is 13.8 Å². The summed E-state index contributed by atoms with van der Waals surface area (Å²) < 4.78 is 5.54. The first kappa shape index (κ1) is 7.29. The highest BCUT2D eigenvalue weighted by molar-refractivity contribution is 5.94. The molecule has 0 aromatic heterocycles. The summed E-state index contributed by atoms with van der Waals surface area (Å²) in [5.74, 6) is 0.640. The minimum Gasteiger partial charge on any atom is -0.376 e. The Bertz CT molecular complexity index is 196. The molecule has 0 radical (unpaired) electrons. The van der Waals surface area contributed by atoms with Crippen molar-refractivity contribution >= 4 is 5.78 Å². The van der Waals surface area contributed by atoms with Crippen LogP contribution in [-0.4, -0.2) is 18.5 Å². The number of fused-ring (bicyclic) bond motifs is 1. The molecule has 0 unspecified atom stereocenters. The summed E-state index contributed by atoms with van der Waals surface area (Å²) in [6, 6.07) is 0. The summed E-state index contributed by atoms with van der Waals surface area (Å²) in [5, 5.41) is 0. The zero-order valence-corrected chi connectivity index (χ0v) is 7.09. The SMILES string of the molecule is CC1(C)C(=O)[C@H]2CCCO[C@H]21. The molecule has 2 heteroatoms. The Kier molecular flexibility index (Phi) is 1.37. The molecular formula is C9H14O2. The lowest BCUT2D eigenvalue weighted by atomic mass is 9.58. The highest BCUT2D eigenvalue weighted by Crippen LogP contribution is 2.47. The molecule has 2 nitrogen and oxygen atoms in total. The molecule has 1 aliphatic heterocycles. The molecule has 1 saturated carbocycles. The van der Waals surface area contributed by atoms with Crippen molar-refractivity contribution in [2.45, 2.75) is 32.8 Å². The normalized spacial score (nSPS) is 41.1. The summed E-state index contributed by atoms with van der Waals surface area (Å²) in [4.78, 5) is 11.4.